The van der Waals surface area contributed by atoms with Crippen LogP contribution < -0.4 is 5.32 Å². The molecule has 0 amide bonds. The highest BCUT2D eigenvalue weighted by Crippen LogP contribution is 2.42. The molecule has 3 fully saturated rings. The van der Waals surface area contributed by atoms with E-state index in [1.165, 1.54) is 19.3 Å². The first-order valence-electron chi connectivity index (χ1n) is 5.51. The molecule has 2 bridgehead atoms. The summed E-state index contributed by atoms with van der Waals surface area (Å²) < 4.78 is 0. The number of aliphatic hydroxyl groups is 1. The Kier molecular flexibility index (Phi) is 1.70. The average Bonchev–Trinajstić information content (AvgIpc) is 2.32. The SMILES string of the molecule is OC1(N2C3CCC2CNC3)CCC1. The summed E-state index contributed by atoms with van der Waals surface area (Å²) in [5.41, 5.74) is -0.409. The van der Waals surface area contributed by atoms with E-state index in [2.05, 4.69) is 10.2 Å². The molecular weight excluding hydrogens is 164 g/mol. The van der Waals surface area contributed by atoms with Crippen molar-refractivity contribution in [2.75, 3.05) is 13.1 Å². The second kappa shape index (κ2) is 2.69. The van der Waals surface area contributed by atoms with Gasteiger partial charge in [0.15, 0.2) is 0 Å². The maximum atomic E-state index is 10.3. The van der Waals surface area contributed by atoms with E-state index in [0.717, 1.165) is 25.9 Å². The molecule has 2 unspecified atom stereocenters. The fourth-order valence-electron chi connectivity index (χ4n) is 3.21. The number of rotatable bonds is 1. The van der Waals surface area contributed by atoms with Crippen LogP contribution in [0.1, 0.15) is 32.1 Å². The van der Waals surface area contributed by atoms with E-state index in [1.54, 1.807) is 0 Å². The minimum atomic E-state index is -0.409. The molecule has 0 aromatic rings. The van der Waals surface area contributed by atoms with E-state index in [-0.39, 0.29) is 0 Å². The zero-order valence-corrected chi connectivity index (χ0v) is 8.00. The van der Waals surface area contributed by atoms with E-state index in [1.807, 2.05) is 0 Å². The summed E-state index contributed by atoms with van der Waals surface area (Å²) >= 11 is 0. The molecule has 1 aliphatic carbocycles. The Labute approximate surface area is 79.1 Å². The maximum absolute atomic E-state index is 10.3. The van der Waals surface area contributed by atoms with Gasteiger partial charge in [0.1, 0.15) is 5.72 Å². The zero-order valence-electron chi connectivity index (χ0n) is 8.00. The first-order chi connectivity index (χ1) is 6.30. The summed E-state index contributed by atoms with van der Waals surface area (Å²) in [5.74, 6) is 0. The van der Waals surface area contributed by atoms with Gasteiger partial charge in [0.05, 0.1) is 0 Å². The molecule has 74 valence electrons. The standard InChI is InChI=1S/C10H18N2O/c13-10(4-1-5-10)12-8-2-3-9(12)7-11-6-8/h8-9,11,13H,1-7H2. The summed E-state index contributed by atoms with van der Waals surface area (Å²) in [7, 11) is 0. The highest BCUT2D eigenvalue weighted by molar-refractivity contribution is 5.02. The third-order valence-corrected chi connectivity index (χ3v) is 4.01. The van der Waals surface area contributed by atoms with Crippen LogP contribution in [0.2, 0.25) is 0 Å². The molecule has 0 aromatic carbocycles. The molecule has 3 nitrogen and oxygen atoms in total. The van der Waals surface area contributed by atoms with Gasteiger partial charge in [-0.05, 0) is 32.1 Å². The molecule has 3 heteroatoms. The van der Waals surface area contributed by atoms with Gasteiger partial charge >= 0.3 is 0 Å². The van der Waals surface area contributed by atoms with Gasteiger partial charge in [-0.3, -0.25) is 4.90 Å². The molecule has 0 aromatic heterocycles. The topological polar surface area (TPSA) is 35.5 Å². The van der Waals surface area contributed by atoms with Crippen molar-refractivity contribution < 1.29 is 5.11 Å². The molecule has 0 radical (unpaired) electrons. The van der Waals surface area contributed by atoms with Gasteiger partial charge in [-0.1, -0.05) is 0 Å². The number of hydrogen-bond acceptors (Lipinski definition) is 3. The van der Waals surface area contributed by atoms with Crippen LogP contribution in [0, 0.1) is 0 Å². The lowest BCUT2D eigenvalue weighted by molar-refractivity contribution is -0.187. The number of fused-ring (bicyclic) bond motifs is 2. The normalized spacial score (nSPS) is 43.2. The largest absolute Gasteiger partial charge is 0.376 e. The molecule has 2 aliphatic heterocycles. The smallest absolute Gasteiger partial charge is 0.119 e. The predicted octanol–water partition coefficient (Wildman–Crippen LogP) is 0.295. The molecule has 2 saturated heterocycles. The van der Waals surface area contributed by atoms with Crippen molar-refractivity contribution in [2.45, 2.75) is 49.9 Å². The average molecular weight is 182 g/mol. The second-order valence-corrected chi connectivity index (χ2v) is 4.79. The Morgan fingerprint density at radius 3 is 2.23 bits per heavy atom. The van der Waals surface area contributed by atoms with Crippen LogP contribution in [0.3, 0.4) is 0 Å². The van der Waals surface area contributed by atoms with Crippen molar-refractivity contribution in [3.63, 3.8) is 0 Å². The lowest BCUT2D eigenvalue weighted by atomic mass is 9.85. The fraction of sp³-hybridized carbons (Fsp3) is 1.00. The summed E-state index contributed by atoms with van der Waals surface area (Å²) in [6, 6.07) is 1.23. The molecule has 1 saturated carbocycles. The Hall–Kier alpha value is -0.120. The third kappa shape index (κ3) is 1.07. The van der Waals surface area contributed by atoms with Crippen LogP contribution in [0.25, 0.3) is 0 Å². The summed E-state index contributed by atoms with van der Waals surface area (Å²) in [6.07, 6.45) is 5.76. The van der Waals surface area contributed by atoms with Crippen LogP contribution in [-0.4, -0.2) is 40.9 Å². The fourth-order valence-corrected chi connectivity index (χ4v) is 3.21. The monoisotopic (exact) mass is 182 g/mol. The van der Waals surface area contributed by atoms with E-state index < -0.39 is 5.72 Å². The molecule has 2 heterocycles. The van der Waals surface area contributed by atoms with E-state index >= 15 is 0 Å². The van der Waals surface area contributed by atoms with Crippen LogP contribution in [0.5, 0.6) is 0 Å². The Morgan fingerprint density at radius 1 is 1.15 bits per heavy atom. The first-order valence-corrected chi connectivity index (χ1v) is 5.51. The highest BCUT2D eigenvalue weighted by Gasteiger charge is 2.50. The Morgan fingerprint density at radius 2 is 1.77 bits per heavy atom. The van der Waals surface area contributed by atoms with Gasteiger partial charge in [0.25, 0.3) is 0 Å². The van der Waals surface area contributed by atoms with Crippen molar-refractivity contribution in [1.82, 2.24) is 10.2 Å². The molecule has 2 atom stereocenters. The van der Waals surface area contributed by atoms with Crippen LogP contribution >= 0.6 is 0 Å². The summed E-state index contributed by atoms with van der Waals surface area (Å²) in [5, 5.41) is 13.8. The van der Waals surface area contributed by atoms with Gasteiger partial charge in [0.2, 0.25) is 0 Å². The molecule has 0 spiro atoms. The van der Waals surface area contributed by atoms with Gasteiger partial charge < -0.3 is 10.4 Å². The van der Waals surface area contributed by atoms with Crippen LogP contribution in [0.4, 0.5) is 0 Å². The first kappa shape index (κ1) is 8.21. The van der Waals surface area contributed by atoms with Crippen LogP contribution in [0.15, 0.2) is 0 Å². The van der Waals surface area contributed by atoms with Gasteiger partial charge in [-0.15, -0.1) is 0 Å². The number of hydrogen-bond donors (Lipinski definition) is 2. The van der Waals surface area contributed by atoms with E-state index in [4.69, 9.17) is 0 Å². The molecular formula is C10H18N2O. The van der Waals surface area contributed by atoms with Gasteiger partial charge in [0, 0.05) is 25.2 Å². The molecule has 3 aliphatic rings. The molecule has 3 rings (SSSR count). The predicted molar refractivity (Wildman–Crippen MR) is 50.3 cm³/mol. The van der Waals surface area contributed by atoms with Gasteiger partial charge in [-0.25, -0.2) is 0 Å². The molecule has 2 N–H and O–H groups in total. The van der Waals surface area contributed by atoms with Crippen molar-refractivity contribution >= 4 is 0 Å². The number of nitrogens with zero attached hydrogens (tertiary/aromatic N) is 1. The van der Waals surface area contributed by atoms with Crippen molar-refractivity contribution in [2.24, 2.45) is 0 Å². The van der Waals surface area contributed by atoms with Crippen molar-refractivity contribution in [1.29, 1.82) is 0 Å². The second-order valence-electron chi connectivity index (χ2n) is 4.79. The lowest BCUT2D eigenvalue weighted by Gasteiger charge is -2.51. The third-order valence-electron chi connectivity index (χ3n) is 4.01. The Balaban J connectivity index is 1.82. The minimum absolute atomic E-state index is 0.409. The highest BCUT2D eigenvalue weighted by atomic mass is 16.3. The van der Waals surface area contributed by atoms with Gasteiger partial charge in [-0.2, -0.15) is 0 Å². The van der Waals surface area contributed by atoms with E-state index in [9.17, 15) is 5.11 Å². The molecule has 13 heavy (non-hydrogen) atoms. The van der Waals surface area contributed by atoms with Crippen molar-refractivity contribution in [3.8, 4) is 0 Å². The Bertz CT molecular complexity index is 199. The van der Waals surface area contributed by atoms with E-state index in [0.29, 0.717) is 12.1 Å². The van der Waals surface area contributed by atoms with Crippen molar-refractivity contribution in [3.05, 3.63) is 0 Å². The maximum Gasteiger partial charge on any atom is 0.119 e. The minimum Gasteiger partial charge on any atom is -0.376 e. The quantitative estimate of drug-likeness (QED) is 0.612. The summed E-state index contributed by atoms with van der Waals surface area (Å²) in [4.78, 5) is 2.41. The zero-order chi connectivity index (χ0) is 8.89. The summed E-state index contributed by atoms with van der Waals surface area (Å²) in [6.45, 7) is 2.16. The number of nitrogens with one attached hydrogen (secondary N) is 1. The number of piperazine rings is 1. The lowest BCUT2D eigenvalue weighted by Crippen LogP contribution is -2.64. The van der Waals surface area contributed by atoms with Crippen LogP contribution in [-0.2, 0) is 0 Å².